The molecule has 0 saturated heterocycles. The molecule has 0 unspecified atom stereocenters. The van der Waals surface area contributed by atoms with E-state index >= 15 is 0 Å². The summed E-state index contributed by atoms with van der Waals surface area (Å²) in [5.74, 6) is 2.98. The van der Waals surface area contributed by atoms with E-state index in [0.29, 0.717) is 36.2 Å². The summed E-state index contributed by atoms with van der Waals surface area (Å²) in [6, 6.07) is 9.19. The lowest BCUT2D eigenvalue weighted by Gasteiger charge is -2.00. The number of methoxy groups -OCH3 is 1. The second-order valence-corrected chi connectivity index (χ2v) is 6.62. The first kappa shape index (κ1) is 18.6. The molecule has 0 aliphatic heterocycles. The zero-order valence-corrected chi connectivity index (χ0v) is 15.7. The van der Waals surface area contributed by atoms with Gasteiger partial charge in [0.05, 0.1) is 7.11 Å². The highest BCUT2D eigenvalue weighted by atomic mass is 16.5. The van der Waals surface area contributed by atoms with Crippen LogP contribution < -0.4 is 10.1 Å². The number of aromatic amines is 1. The van der Waals surface area contributed by atoms with Crippen molar-refractivity contribution < 1.29 is 14.1 Å². The molecule has 0 atom stereocenters. The average molecular weight is 369 g/mol. The predicted octanol–water partition coefficient (Wildman–Crippen LogP) is 2.64. The highest BCUT2D eigenvalue weighted by Gasteiger charge is 2.13. The number of amides is 1. The highest BCUT2D eigenvalue weighted by Crippen LogP contribution is 2.19. The Morgan fingerprint density at radius 1 is 1.30 bits per heavy atom. The van der Waals surface area contributed by atoms with Gasteiger partial charge in [0.1, 0.15) is 17.3 Å². The molecule has 0 saturated carbocycles. The van der Waals surface area contributed by atoms with Gasteiger partial charge in [-0.05, 0) is 30.2 Å². The fraction of sp³-hybridized carbons (Fsp3) is 0.368. The van der Waals surface area contributed by atoms with Crippen LogP contribution in [0.15, 0.2) is 34.9 Å². The maximum atomic E-state index is 12.1. The summed E-state index contributed by atoms with van der Waals surface area (Å²) < 4.78 is 10.3. The molecule has 0 fully saturated rings. The van der Waals surface area contributed by atoms with Crippen LogP contribution >= 0.6 is 0 Å². The fourth-order valence-corrected chi connectivity index (χ4v) is 2.58. The number of ether oxygens (including phenoxy) is 1. The van der Waals surface area contributed by atoms with Gasteiger partial charge in [0.15, 0.2) is 11.5 Å². The third-order valence-electron chi connectivity index (χ3n) is 3.93. The van der Waals surface area contributed by atoms with Crippen molar-refractivity contribution in [2.45, 2.75) is 26.7 Å². The minimum absolute atomic E-state index is 0.261. The number of carbonyl (C=O) groups is 1. The summed E-state index contributed by atoms with van der Waals surface area (Å²) >= 11 is 0. The average Bonchev–Trinajstić information content (AvgIpc) is 3.31. The number of benzene rings is 1. The number of rotatable bonds is 8. The molecule has 2 heterocycles. The van der Waals surface area contributed by atoms with Gasteiger partial charge in [0, 0.05) is 31.0 Å². The minimum atomic E-state index is -0.261. The molecule has 2 N–H and O–H groups in total. The largest absolute Gasteiger partial charge is 0.497 e. The summed E-state index contributed by atoms with van der Waals surface area (Å²) in [5.41, 5.74) is 1.18. The number of nitrogens with zero attached hydrogens (tertiary/aromatic N) is 3. The summed E-state index contributed by atoms with van der Waals surface area (Å²) in [6.07, 6.45) is 1.29. The van der Waals surface area contributed by atoms with Crippen molar-refractivity contribution in [3.05, 3.63) is 47.6 Å². The maximum absolute atomic E-state index is 12.1. The van der Waals surface area contributed by atoms with Crippen molar-refractivity contribution in [3.8, 4) is 17.1 Å². The van der Waals surface area contributed by atoms with Gasteiger partial charge in [0.2, 0.25) is 0 Å². The Morgan fingerprint density at radius 3 is 2.78 bits per heavy atom. The number of carbonyl (C=O) groups excluding carboxylic acids is 1. The zero-order valence-electron chi connectivity index (χ0n) is 15.7. The Kier molecular flexibility index (Phi) is 5.85. The maximum Gasteiger partial charge on any atom is 0.273 e. The third-order valence-corrected chi connectivity index (χ3v) is 3.93. The standard InChI is InChI=1S/C19H23N5O3/c1-12(2)10-15-11-16(24-27-15)19(25)20-9-8-17-21-18(23-22-17)13-4-6-14(26-3)7-5-13/h4-7,11-12H,8-10H2,1-3H3,(H,20,25)(H,21,22,23). The smallest absolute Gasteiger partial charge is 0.273 e. The van der Waals surface area contributed by atoms with Crippen molar-refractivity contribution in [3.63, 3.8) is 0 Å². The Morgan fingerprint density at radius 2 is 2.07 bits per heavy atom. The van der Waals surface area contributed by atoms with Crippen LogP contribution in [0, 0.1) is 5.92 Å². The topological polar surface area (TPSA) is 106 Å². The molecule has 8 heteroatoms. The first-order valence-electron chi connectivity index (χ1n) is 8.84. The van der Waals surface area contributed by atoms with E-state index in [1.54, 1.807) is 13.2 Å². The molecule has 2 aromatic heterocycles. The Bertz CT molecular complexity index is 883. The van der Waals surface area contributed by atoms with Gasteiger partial charge in [-0.3, -0.25) is 9.89 Å². The molecule has 3 aromatic rings. The molecule has 1 amide bonds. The second kappa shape index (κ2) is 8.48. The molecule has 0 radical (unpaired) electrons. The van der Waals surface area contributed by atoms with Gasteiger partial charge < -0.3 is 14.6 Å². The normalized spacial score (nSPS) is 11.0. The molecule has 0 bridgehead atoms. The van der Waals surface area contributed by atoms with E-state index in [4.69, 9.17) is 9.26 Å². The summed E-state index contributed by atoms with van der Waals surface area (Å²) in [7, 11) is 1.62. The van der Waals surface area contributed by atoms with Crippen molar-refractivity contribution in [1.82, 2.24) is 25.7 Å². The van der Waals surface area contributed by atoms with Crippen LogP contribution in [-0.4, -0.2) is 39.9 Å². The lowest BCUT2D eigenvalue weighted by molar-refractivity contribution is 0.0945. The molecular formula is C19H23N5O3. The molecule has 0 aliphatic rings. The van der Waals surface area contributed by atoms with Crippen molar-refractivity contribution in [2.24, 2.45) is 5.92 Å². The van der Waals surface area contributed by atoms with E-state index in [1.165, 1.54) is 0 Å². The fourth-order valence-electron chi connectivity index (χ4n) is 2.58. The van der Waals surface area contributed by atoms with Gasteiger partial charge >= 0.3 is 0 Å². The lowest BCUT2D eigenvalue weighted by atomic mass is 10.1. The molecule has 3 rings (SSSR count). The number of H-pyrrole nitrogens is 1. The van der Waals surface area contributed by atoms with Crippen LogP contribution in [-0.2, 0) is 12.8 Å². The van der Waals surface area contributed by atoms with E-state index in [0.717, 1.165) is 23.5 Å². The SMILES string of the molecule is COc1ccc(-c2n[nH]c(CCNC(=O)c3cc(CC(C)C)on3)n2)cc1. The molecule has 27 heavy (non-hydrogen) atoms. The lowest BCUT2D eigenvalue weighted by Crippen LogP contribution is -2.26. The molecule has 0 aliphatic carbocycles. The van der Waals surface area contributed by atoms with Crippen LogP contribution in [0.25, 0.3) is 11.4 Å². The Labute approximate surface area is 157 Å². The van der Waals surface area contributed by atoms with E-state index in [-0.39, 0.29) is 5.91 Å². The van der Waals surface area contributed by atoms with Crippen molar-refractivity contribution in [1.29, 1.82) is 0 Å². The number of hydrogen-bond donors (Lipinski definition) is 2. The highest BCUT2D eigenvalue weighted by molar-refractivity contribution is 5.92. The number of hydrogen-bond acceptors (Lipinski definition) is 6. The molecule has 1 aromatic carbocycles. The summed E-state index contributed by atoms with van der Waals surface area (Å²) in [6.45, 7) is 4.59. The molecule has 142 valence electrons. The Hall–Kier alpha value is -3.16. The minimum Gasteiger partial charge on any atom is -0.497 e. The van der Waals surface area contributed by atoms with Gasteiger partial charge in [-0.2, -0.15) is 5.10 Å². The van der Waals surface area contributed by atoms with E-state index in [1.807, 2.05) is 24.3 Å². The van der Waals surface area contributed by atoms with Gasteiger partial charge in [-0.25, -0.2) is 4.98 Å². The summed E-state index contributed by atoms with van der Waals surface area (Å²) in [5, 5.41) is 13.7. The first-order chi connectivity index (χ1) is 13.0. The van der Waals surface area contributed by atoms with Crippen molar-refractivity contribution in [2.75, 3.05) is 13.7 Å². The molecule has 0 spiro atoms. The van der Waals surface area contributed by atoms with Crippen LogP contribution in [0.5, 0.6) is 5.75 Å². The quantitative estimate of drug-likeness (QED) is 0.632. The van der Waals surface area contributed by atoms with E-state index in [2.05, 4.69) is 39.5 Å². The number of aromatic nitrogens is 4. The van der Waals surface area contributed by atoms with Crippen LogP contribution in [0.1, 0.15) is 35.9 Å². The summed E-state index contributed by atoms with van der Waals surface area (Å²) in [4.78, 5) is 16.6. The zero-order chi connectivity index (χ0) is 19.2. The van der Waals surface area contributed by atoms with Gasteiger partial charge in [0.25, 0.3) is 5.91 Å². The first-order valence-corrected chi connectivity index (χ1v) is 8.84. The predicted molar refractivity (Wildman–Crippen MR) is 99.5 cm³/mol. The second-order valence-electron chi connectivity index (χ2n) is 6.62. The number of nitrogens with one attached hydrogen (secondary N) is 2. The van der Waals surface area contributed by atoms with Gasteiger partial charge in [-0.15, -0.1) is 0 Å². The van der Waals surface area contributed by atoms with Gasteiger partial charge in [-0.1, -0.05) is 19.0 Å². The van der Waals surface area contributed by atoms with E-state index < -0.39 is 0 Å². The molecular weight excluding hydrogens is 346 g/mol. The van der Waals surface area contributed by atoms with Crippen molar-refractivity contribution >= 4 is 5.91 Å². The van der Waals surface area contributed by atoms with Crippen LogP contribution in [0.2, 0.25) is 0 Å². The Balaban J connectivity index is 1.51. The van der Waals surface area contributed by atoms with Crippen LogP contribution in [0.4, 0.5) is 0 Å². The molecule has 8 nitrogen and oxygen atoms in total. The monoisotopic (exact) mass is 369 g/mol. The third kappa shape index (κ3) is 4.93. The van der Waals surface area contributed by atoms with Crippen LogP contribution in [0.3, 0.4) is 0 Å². The van der Waals surface area contributed by atoms with E-state index in [9.17, 15) is 4.79 Å².